The van der Waals surface area contributed by atoms with Crippen LogP contribution in [0.1, 0.15) is 42.5 Å². The van der Waals surface area contributed by atoms with Gasteiger partial charge in [-0.25, -0.2) is 4.79 Å². The molecule has 27 heavy (non-hydrogen) atoms. The first-order valence-electron chi connectivity index (χ1n) is 8.98. The molecule has 1 aliphatic heterocycles. The summed E-state index contributed by atoms with van der Waals surface area (Å²) in [6, 6.07) is 7.60. The Morgan fingerprint density at radius 2 is 2.22 bits per heavy atom. The number of allylic oxidation sites excluding steroid dienone is 3. The molecule has 2 aromatic rings. The molecule has 0 fully saturated rings. The Morgan fingerprint density at radius 1 is 1.33 bits per heavy atom. The second kappa shape index (κ2) is 7.48. The molecule has 0 radical (unpaired) electrons. The Labute approximate surface area is 161 Å². The van der Waals surface area contributed by atoms with Gasteiger partial charge in [-0.15, -0.1) is 11.3 Å². The normalized spacial score (nSPS) is 19.6. The lowest BCUT2D eigenvalue weighted by Crippen LogP contribution is -2.34. The van der Waals surface area contributed by atoms with Crippen LogP contribution in [0.5, 0.6) is 0 Å². The number of ether oxygens (including phenoxy) is 1. The van der Waals surface area contributed by atoms with Crippen molar-refractivity contribution in [3.63, 3.8) is 0 Å². The molecule has 0 spiro atoms. The van der Waals surface area contributed by atoms with Gasteiger partial charge in [0.05, 0.1) is 11.5 Å². The van der Waals surface area contributed by atoms with Gasteiger partial charge in [0, 0.05) is 46.2 Å². The zero-order chi connectivity index (χ0) is 18.8. The molecule has 4 rings (SSSR count). The molecule has 1 aliphatic carbocycles. The topological polar surface area (TPSA) is 68.3 Å². The lowest BCUT2D eigenvalue weighted by Gasteiger charge is -2.33. The van der Waals surface area contributed by atoms with E-state index < -0.39 is 5.97 Å². The summed E-state index contributed by atoms with van der Waals surface area (Å²) in [5.74, 6) is -0.630. The largest absolute Gasteiger partial charge is 0.457 e. The van der Waals surface area contributed by atoms with E-state index in [1.807, 2.05) is 36.6 Å². The van der Waals surface area contributed by atoms with Crippen molar-refractivity contribution in [1.29, 1.82) is 0 Å². The fourth-order valence-corrected chi connectivity index (χ4v) is 4.55. The number of dihydropyridines is 1. The molecule has 0 aromatic carbocycles. The lowest BCUT2D eigenvalue weighted by molar-refractivity contribution is -0.140. The Morgan fingerprint density at radius 3 is 2.96 bits per heavy atom. The standard InChI is InChI=1S/C21H20N2O3S/c1-13-18(21(25)26-12-14-5-3-9-22-11-14)20(17-8-4-10-27-17)19-15(23-13)6-2-7-16(19)24/h3-5,8-11,20,23H,2,6-7,12H2,1H3. The highest BCUT2D eigenvalue weighted by Gasteiger charge is 2.39. The molecular weight excluding hydrogens is 360 g/mol. The summed E-state index contributed by atoms with van der Waals surface area (Å²) in [4.78, 5) is 30.7. The van der Waals surface area contributed by atoms with E-state index in [-0.39, 0.29) is 18.3 Å². The van der Waals surface area contributed by atoms with E-state index in [1.165, 1.54) is 0 Å². The molecule has 0 bridgehead atoms. The van der Waals surface area contributed by atoms with Crippen LogP contribution in [0.4, 0.5) is 0 Å². The van der Waals surface area contributed by atoms with E-state index in [0.29, 0.717) is 12.0 Å². The second-order valence-corrected chi connectivity index (χ2v) is 7.70. The van der Waals surface area contributed by atoms with Crippen LogP contribution in [-0.2, 0) is 20.9 Å². The number of thiophene rings is 1. The third-order valence-corrected chi connectivity index (χ3v) is 5.85. The number of carbonyl (C=O) groups excluding carboxylic acids is 2. The maximum absolute atomic E-state index is 13.0. The summed E-state index contributed by atoms with van der Waals surface area (Å²) < 4.78 is 5.58. The summed E-state index contributed by atoms with van der Waals surface area (Å²) in [5.41, 5.74) is 3.79. The van der Waals surface area contributed by atoms with Crippen molar-refractivity contribution in [2.45, 2.75) is 38.7 Å². The summed E-state index contributed by atoms with van der Waals surface area (Å²) in [6.07, 6.45) is 5.56. The molecule has 2 aromatic heterocycles. The number of nitrogens with one attached hydrogen (secondary N) is 1. The van der Waals surface area contributed by atoms with Crippen molar-refractivity contribution in [3.05, 3.63) is 75.0 Å². The number of esters is 1. The predicted molar refractivity (Wildman–Crippen MR) is 103 cm³/mol. The van der Waals surface area contributed by atoms with Crippen LogP contribution >= 0.6 is 11.3 Å². The molecule has 0 amide bonds. The minimum atomic E-state index is -0.396. The Bertz CT molecular complexity index is 930. The van der Waals surface area contributed by atoms with Gasteiger partial charge in [0.2, 0.25) is 0 Å². The number of carbonyl (C=O) groups is 2. The molecule has 1 N–H and O–H groups in total. The van der Waals surface area contributed by atoms with Crippen molar-refractivity contribution in [2.24, 2.45) is 0 Å². The van der Waals surface area contributed by atoms with Gasteiger partial charge in [-0.3, -0.25) is 9.78 Å². The van der Waals surface area contributed by atoms with E-state index in [0.717, 1.165) is 40.2 Å². The van der Waals surface area contributed by atoms with Gasteiger partial charge in [0.25, 0.3) is 0 Å². The highest BCUT2D eigenvalue weighted by atomic mass is 32.1. The number of Topliss-reactive ketones (excluding diaryl/α,β-unsaturated/α-hetero) is 1. The van der Waals surface area contributed by atoms with E-state index in [4.69, 9.17) is 4.74 Å². The fraction of sp³-hybridized carbons (Fsp3) is 0.286. The van der Waals surface area contributed by atoms with Gasteiger partial charge in [0.1, 0.15) is 6.61 Å². The molecule has 1 unspecified atom stereocenters. The Kier molecular flexibility index (Phi) is 4.90. The van der Waals surface area contributed by atoms with Crippen LogP contribution in [-0.4, -0.2) is 16.7 Å². The summed E-state index contributed by atoms with van der Waals surface area (Å²) in [7, 11) is 0. The van der Waals surface area contributed by atoms with Gasteiger partial charge < -0.3 is 10.1 Å². The Hall–Kier alpha value is -2.73. The van der Waals surface area contributed by atoms with Crippen LogP contribution in [0.2, 0.25) is 0 Å². The van der Waals surface area contributed by atoms with Crippen molar-refractivity contribution < 1.29 is 14.3 Å². The van der Waals surface area contributed by atoms with Crippen LogP contribution in [0.3, 0.4) is 0 Å². The zero-order valence-electron chi connectivity index (χ0n) is 15.0. The molecule has 138 valence electrons. The predicted octanol–water partition coefficient (Wildman–Crippen LogP) is 3.85. The molecule has 3 heterocycles. The van der Waals surface area contributed by atoms with Crippen molar-refractivity contribution in [1.82, 2.24) is 10.3 Å². The third kappa shape index (κ3) is 3.45. The van der Waals surface area contributed by atoms with Crippen LogP contribution < -0.4 is 5.32 Å². The summed E-state index contributed by atoms with van der Waals surface area (Å²) >= 11 is 1.56. The number of nitrogens with zero attached hydrogens (tertiary/aromatic N) is 1. The number of ketones is 1. The maximum atomic E-state index is 13.0. The first kappa shape index (κ1) is 17.7. The van der Waals surface area contributed by atoms with Gasteiger partial charge in [0.15, 0.2) is 5.78 Å². The highest BCUT2D eigenvalue weighted by Crippen LogP contribution is 2.43. The van der Waals surface area contributed by atoms with Gasteiger partial charge in [-0.2, -0.15) is 0 Å². The average Bonchev–Trinajstić information content (AvgIpc) is 3.20. The SMILES string of the molecule is CC1=C(C(=O)OCc2cccnc2)C(c2cccs2)C2=C(CCCC2=O)N1. The number of pyridine rings is 1. The van der Waals surface area contributed by atoms with Crippen LogP contribution in [0.25, 0.3) is 0 Å². The molecular formula is C21H20N2O3S. The average molecular weight is 380 g/mol. The zero-order valence-corrected chi connectivity index (χ0v) is 15.8. The molecule has 1 atom stereocenters. The first-order chi connectivity index (χ1) is 13.1. The lowest BCUT2D eigenvalue weighted by atomic mass is 9.78. The van der Waals surface area contributed by atoms with E-state index >= 15 is 0 Å². The van der Waals surface area contributed by atoms with Crippen molar-refractivity contribution in [3.8, 4) is 0 Å². The van der Waals surface area contributed by atoms with Crippen molar-refractivity contribution in [2.75, 3.05) is 0 Å². The first-order valence-corrected chi connectivity index (χ1v) is 9.86. The summed E-state index contributed by atoms with van der Waals surface area (Å²) in [6.45, 7) is 2.03. The quantitative estimate of drug-likeness (QED) is 0.816. The van der Waals surface area contributed by atoms with Crippen LogP contribution in [0.15, 0.2) is 64.6 Å². The number of hydrogen-bond acceptors (Lipinski definition) is 6. The minimum Gasteiger partial charge on any atom is -0.457 e. The van der Waals surface area contributed by atoms with Gasteiger partial charge in [-0.1, -0.05) is 12.1 Å². The number of aromatic nitrogens is 1. The minimum absolute atomic E-state index is 0.118. The van der Waals surface area contributed by atoms with Crippen molar-refractivity contribution >= 4 is 23.1 Å². The monoisotopic (exact) mass is 380 g/mol. The fourth-order valence-electron chi connectivity index (χ4n) is 3.70. The summed E-state index contributed by atoms with van der Waals surface area (Å²) in [5, 5.41) is 5.27. The molecule has 0 saturated heterocycles. The van der Waals surface area contributed by atoms with Gasteiger partial charge >= 0.3 is 5.97 Å². The van der Waals surface area contributed by atoms with E-state index in [1.54, 1.807) is 23.7 Å². The van der Waals surface area contributed by atoms with Gasteiger partial charge in [-0.05, 0) is 37.3 Å². The molecule has 2 aliphatic rings. The van der Waals surface area contributed by atoms with Crippen LogP contribution in [0, 0.1) is 0 Å². The second-order valence-electron chi connectivity index (χ2n) is 6.72. The molecule has 6 heteroatoms. The van der Waals surface area contributed by atoms with E-state index in [2.05, 4.69) is 10.3 Å². The van der Waals surface area contributed by atoms with E-state index in [9.17, 15) is 9.59 Å². The third-order valence-electron chi connectivity index (χ3n) is 4.92. The smallest absolute Gasteiger partial charge is 0.337 e. The number of hydrogen-bond donors (Lipinski definition) is 1. The molecule has 5 nitrogen and oxygen atoms in total. The number of rotatable bonds is 4. The molecule has 0 saturated carbocycles. The Balaban J connectivity index is 1.67. The maximum Gasteiger partial charge on any atom is 0.337 e. The highest BCUT2D eigenvalue weighted by molar-refractivity contribution is 7.10.